The van der Waals surface area contributed by atoms with Crippen LogP contribution in [0.2, 0.25) is 5.02 Å². The van der Waals surface area contributed by atoms with E-state index in [9.17, 15) is 14.7 Å². The number of carboxylic acid groups (broad SMARTS) is 1. The average Bonchev–Trinajstić information content (AvgIpc) is 2.99. The fraction of sp³-hybridized carbons (Fsp3) is 0.429. The number of aryl methyl sites for hydroxylation is 1. The highest BCUT2D eigenvalue weighted by atomic mass is 35.5. The summed E-state index contributed by atoms with van der Waals surface area (Å²) >= 11 is 7.91. The Bertz CT molecular complexity index is 1340. The second-order valence-electron chi connectivity index (χ2n) is 11.3. The number of hydrogen-bond acceptors (Lipinski definition) is 4. The van der Waals surface area contributed by atoms with Crippen LogP contribution in [0.3, 0.4) is 0 Å². The molecule has 0 aromatic heterocycles. The second-order valence-corrected chi connectivity index (χ2v) is 12.7. The number of hydrogen-bond donors (Lipinski definition) is 2. The molecule has 3 aromatic carbocycles. The molecule has 2 N–H and O–H groups in total. The van der Waals surface area contributed by atoms with Gasteiger partial charge in [-0.05, 0) is 96.2 Å². The molecule has 0 radical (unpaired) electrons. The van der Waals surface area contributed by atoms with Gasteiger partial charge in [-0.25, -0.2) is 4.79 Å². The summed E-state index contributed by atoms with van der Waals surface area (Å²) < 4.78 is 6.58. The highest BCUT2D eigenvalue weighted by Crippen LogP contribution is 2.34. The summed E-state index contributed by atoms with van der Waals surface area (Å²) in [6.07, 6.45) is 10.8. The Kier molecular flexibility index (Phi) is 12.4. The van der Waals surface area contributed by atoms with Gasteiger partial charge in [0.05, 0.1) is 12.7 Å². The van der Waals surface area contributed by atoms with E-state index < -0.39 is 17.9 Å². The molecule has 42 heavy (non-hydrogen) atoms. The van der Waals surface area contributed by atoms with E-state index in [2.05, 4.69) is 11.4 Å². The lowest BCUT2D eigenvalue weighted by Crippen LogP contribution is -2.41. The number of carbonyl (C=O) groups is 2. The molecule has 2 atom stereocenters. The number of nitrogens with one attached hydrogen (secondary N) is 1. The van der Waals surface area contributed by atoms with Crippen LogP contribution < -0.4 is 5.32 Å². The van der Waals surface area contributed by atoms with Crippen molar-refractivity contribution in [2.45, 2.75) is 77.0 Å². The van der Waals surface area contributed by atoms with Crippen molar-refractivity contribution in [3.8, 4) is 11.1 Å². The first-order chi connectivity index (χ1) is 20.4. The van der Waals surface area contributed by atoms with Gasteiger partial charge in [0.25, 0.3) is 5.91 Å². The zero-order valence-electron chi connectivity index (χ0n) is 24.6. The van der Waals surface area contributed by atoms with Gasteiger partial charge in [-0.15, -0.1) is 0 Å². The molecule has 0 aliphatic heterocycles. The molecule has 1 saturated carbocycles. The fourth-order valence-corrected chi connectivity index (χ4v) is 6.49. The molecule has 224 valence electrons. The molecule has 1 aliphatic rings. The zero-order valence-corrected chi connectivity index (χ0v) is 26.2. The standard InChI is InChI=1S/C35H42ClNO4S/c1-24-9-6-7-14-29(24)31-21-26(15-17-30(31)34(38)37-32(35(39)40)19-20-42-2)23-41-33(27-12-8-13-28(36)22-27)18-16-25-10-4-3-5-11-25/h6-9,12-15,17,21-22,25,32-33H,3-5,10-11,16,18-20,23H2,1-2H3,(H,37,38)(H,39,40)/t32-,33?/m0/s1. The number of ether oxygens (including phenoxy) is 1. The lowest BCUT2D eigenvalue weighted by molar-refractivity contribution is -0.139. The zero-order chi connectivity index (χ0) is 29.9. The maximum Gasteiger partial charge on any atom is 0.326 e. The van der Waals surface area contributed by atoms with Gasteiger partial charge in [-0.1, -0.05) is 86.2 Å². The number of halogens is 1. The Labute approximate surface area is 259 Å². The summed E-state index contributed by atoms with van der Waals surface area (Å²) in [7, 11) is 0. The van der Waals surface area contributed by atoms with Crippen LogP contribution in [0.5, 0.6) is 0 Å². The topological polar surface area (TPSA) is 75.6 Å². The monoisotopic (exact) mass is 607 g/mol. The Hall–Kier alpha value is -2.80. The summed E-state index contributed by atoms with van der Waals surface area (Å²) in [5.41, 5.74) is 5.22. The van der Waals surface area contributed by atoms with E-state index in [0.29, 0.717) is 29.4 Å². The number of rotatable bonds is 14. The van der Waals surface area contributed by atoms with Crippen molar-refractivity contribution in [2.24, 2.45) is 5.92 Å². The third kappa shape index (κ3) is 9.10. The van der Waals surface area contributed by atoms with Crippen molar-refractivity contribution < 1.29 is 19.4 Å². The summed E-state index contributed by atoms with van der Waals surface area (Å²) in [5, 5.41) is 13.1. The Morgan fingerprint density at radius 1 is 1.00 bits per heavy atom. The lowest BCUT2D eigenvalue weighted by atomic mass is 9.85. The van der Waals surface area contributed by atoms with Crippen molar-refractivity contribution in [3.05, 3.63) is 94.0 Å². The highest BCUT2D eigenvalue weighted by molar-refractivity contribution is 7.98. The molecule has 0 saturated heterocycles. The van der Waals surface area contributed by atoms with Gasteiger partial charge in [0.1, 0.15) is 6.04 Å². The summed E-state index contributed by atoms with van der Waals surface area (Å²) in [6.45, 7) is 2.40. The molecule has 1 aliphatic carbocycles. The largest absolute Gasteiger partial charge is 0.480 e. The molecule has 7 heteroatoms. The number of carboxylic acids is 1. The van der Waals surface area contributed by atoms with E-state index in [1.165, 1.54) is 32.1 Å². The van der Waals surface area contributed by atoms with E-state index in [-0.39, 0.29) is 6.10 Å². The highest BCUT2D eigenvalue weighted by Gasteiger charge is 2.23. The summed E-state index contributed by atoms with van der Waals surface area (Å²) in [5.74, 6) is -0.0223. The first-order valence-electron chi connectivity index (χ1n) is 14.9. The predicted octanol–water partition coefficient (Wildman–Crippen LogP) is 8.87. The molecule has 0 heterocycles. The minimum Gasteiger partial charge on any atom is -0.480 e. The quantitative estimate of drug-likeness (QED) is 0.191. The van der Waals surface area contributed by atoms with E-state index in [0.717, 1.165) is 46.6 Å². The Morgan fingerprint density at radius 3 is 2.50 bits per heavy atom. The number of aliphatic carboxylic acids is 1. The van der Waals surface area contributed by atoms with Crippen molar-refractivity contribution in [2.75, 3.05) is 12.0 Å². The minimum atomic E-state index is -1.03. The SMILES string of the molecule is CSCC[C@H](NC(=O)c1ccc(COC(CCC2CCCCC2)c2cccc(Cl)c2)cc1-c1ccccc1C)C(=O)O. The molecule has 4 rings (SSSR count). The molecular formula is C35H42ClNO4S. The van der Waals surface area contributed by atoms with Gasteiger partial charge in [-0.2, -0.15) is 11.8 Å². The normalized spacial score (nSPS) is 15.2. The number of amides is 1. The maximum atomic E-state index is 13.4. The van der Waals surface area contributed by atoms with Crippen LogP contribution >= 0.6 is 23.4 Å². The van der Waals surface area contributed by atoms with Crippen LogP contribution in [-0.4, -0.2) is 35.0 Å². The van der Waals surface area contributed by atoms with Gasteiger partial charge in [-0.3, -0.25) is 4.79 Å². The van der Waals surface area contributed by atoms with Crippen molar-refractivity contribution in [3.63, 3.8) is 0 Å². The Balaban J connectivity index is 1.58. The van der Waals surface area contributed by atoms with E-state index in [1.807, 2.05) is 67.8 Å². The smallest absolute Gasteiger partial charge is 0.326 e. The van der Waals surface area contributed by atoms with Crippen molar-refractivity contribution in [1.29, 1.82) is 0 Å². The number of thioether (sulfide) groups is 1. The first kappa shape index (κ1) is 32.1. The second kappa shape index (κ2) is 16.2. The predicted molar refractivity (Wildman–Crippen MR) is 173 cm³/mol. The molecule has 1 unspecified atom stereocenters. The molecule has 5 nitrogen and oxygen atoms in total. The fourth-order valence-electron chi connectivity index (χ4n) is 5.82. The molecule has 1 fully saturated rings. The Morgan fingerprint density at radius 2 is 1.79 bits per heavy atom. The number of carbonyl (C=O) groups excluding carboxylic acids is 1. The van der Waals surface area contributed by atoms with Crippen LogP contribution in [0.1, 0.15) is 84.5 Å². The van der Waals surface area contributed by atoms with E-state index >= 15 is 0 Å². The third-order valence-electron chi connectivity index (χ3n) is 8.21. The molecular weight excluding hydrogens is 566 g/mol. The molecule has 1 amide bonds. The number of benzene rings is 3. The maximum absolute atomic E-state index is 13.4. The molecule has 0 bridgehead atoms. The molecule has 3 aromatic rings. The van der Waals surface area contributed by atoms with Gasteiger partial charge in [0, 0.05) is 10.6 Å². The summed E-state index contributed by atoms with van der Waals surface area (Å²) in [6, 6.07) is 20.6. The van der Waals surface area contributed by atoms with Gasteiger partial charge in [0.15, 0.2) is 0 Å². The summed E-state index contributed by atoms with van der Waals surface area (Å²) in [4.78, 5) is 25.3. The van der Waals surface area contributed by atoms with E-state index in [1.54, 1.807) is 17.8 Å². The van der Waals surface area contributed by atoms with Crippen LogP contribution in [0.25, 0.3) is 11.1 Å². The van der Waals surface area contributed by atoms with Crippen LogP contribution in [-0.2, 0) is 16.1 Å². The van der Waals surface area contributed by atoms with Crippen LogP contribution in [0.4, 0.5) is 0 Å². The van der Waals surface area contributed by atoms with Gasteiger partial charge < -0.3 is 15.2 Å². The van der Waals surface area contributed by atoms with Crippen molar-refractivity contribution >= 4 is 35.2 Å². The molecule has 0 spiro atoms. The van der Waals surface area contributed by atoms with Crippen LogP contribution in [0.15, 0.2) is 66.7 Å². The minimum absolute atomic E-state index is 0.0803. The first-order valence-corrected chi connectivity index (χ1v) is 16.7. The average molecular weight is 608 g/mol. The lowest BCUT2D eigenvalue weighted by Gasteiger charge is -2.25. The van der Waals surface area contributed by atoms with Crippen LogP contribution in [0, 0.1) is 12.8 Å². The third-order valence-corrected chi connectivity index (χ3v) is 9.09. The van der Waals surface area contributed by atoms with Gasteiger partial charge in [0.2, 0.25) is 0 Å². The van der Waals surface area contributed by atoms with E-state index in [4.69, 9.17) is 16.3 Å². The van der Waals surface area contributed by atoms with Crippen molar-refractivity contribution in [1.82, 2.24) is 5.32 Å². The van der Waals surface area contributed by atoms with Gasteiger partial charge >= 0.3 is 5.97 Å².